The molecule has 0 spiro atoms. The number of alkyl carbamates (subject to hydrolysis) is 1. The first-order valence-corrected chi connectivity index (χ1v) is 7.15. The summed E-state index contributed by atoms with van der Waals surface area (Å²) >= 11 is 0. The Kier molecular flexibility index (Phi) is 5.62. The zero-order chi connectivity index (χ0) is 14.5. The molecule has 0 bridgehead atoms. The minimum Gasteiger partial charge on any atom is -0.444 e. The van der Waals surface area contributed by atoms with E-state index in [1.54, 1.807) is 0 Å². The summed E-state index contributed by atoms with van der Waals surface area (Å²) in [6, 6.07) is 0. The maximum atomic E-state index is 12.0. The highest BCUT2D eigenvalue weighted by molar-refractivity contribution is 5.69. The van der Waals surface area contributed by atoms with Crippen LogP contribution in [0.15, 0.2) is 0 Å². The molecule has 0 aromatic carbocycles. The monoisotopic (exact) mass is 272 g/mol. The first kappa shape index (κ1) is 16.2. The standard InChI is InChI=1S/C14H28N2O3/c1-13(2,3)19-12(18)16-14(11(9-15)10-17)7-5-4-6-8-14/h11,17H,4-10,15H2,1-3H3,(H,16,18). The molecule has 0 aromatic heterocycles. The fourth-order valence-electron chi connectivity index (χ4n) is 2.80. The van der Waals surface area contributed by atoms with Crippen molar-refractivity contribution in [2.75, 3.05) is 13.2 Å². The molecule has 0 heterocycles. The number of rotatable bonds is 4. The smallest absolute Gasteiger partial charge is 0.408 e. The van der Waals surface area contributed by atoms with Gasteiger partial charge in [-0.3, -0.25) is 0 Å². The number of ether oxygens (including phenoxy) is 1. The molecule has 1 aliphatic rings. The lowest BCUT2D eigenvalue weighted by Gasteiger charge is -2.43. The largest absolute Gasteiger partial charge is 0.444 e. The summed E-state index contributed by atoms with van der Waals surface area (Å²) in [5.74, 6) is -0.111. The summed E-state index contributed by atoms with van der Waals surface area (Å²) in [7, 11) is 0. The van der Waals surface area contributed by atoms with Gasteiger partial charge in [0.15, 0.2) is 0 Å². The van der Waals surface area contributed by atoms with Gasteiger partial charge in [0, 0.05) is 18.1 Å². The van der Waals surface area contributed by atoms with E-state index in [1.165, 1.54) is 6.42 Å². The molecule has 5 nitrogen and oxygen atoms in total. The number of carbonyl (C=O) groups excluding carboxylic acids is 1. The zero-order valence-electron chi connectivity index (χ0n) is 12.4. The molecule has 0 aliphatic heterocycles. The van der Waals surface area contributed by atoms with Crippen molar-refractivity contribution in [1.82, 2.24) is 5.32 Å². The van der Waals surface area contributed by atoms with Crippen molar-refractivity contribution in [3.63, 3.8) is 0 Å². The van der Waals surface area contributed by atoms with Crippen LogP contribution in [0, 0.1) is 5.92 Å². The quantitative estimate of drug-likeness (QED) is 0.728. The summed E-state index contributed by atoms with van der Waals surface area (Å²) in [4.78, 5) is 12.0. The third-order valence-electron chi connectivity index (χ3n) is 3.78. The second kappa shape index (κ2) is 6.57. The number of hydrogen-bond acceptors (Lipinski definition) is 4. The van der Waals surface area contributed by atoms with E-state index in [-0.39, 0.29) is 12.5 Å². The van der Waals surface area contributed by atoms with Crippen molar-refractivity contribution >= 4 is 6.09 Å². The molecule has 0 aromatic rings. The molecule has 0 radical (unpaired) electrons. The zero-order valence-corrected chi connectivity index (χ0v) is 12.4. The van der Waals surface area contributed by atoms with Crippen molar-refractivity contribution in [1.29, 1.82) is 0 Å². The molecule has 1 rings (SSSR count). The van der Waals surface area contributed by atoms with E-state index in [0.29, 0.717) is 6.54 Å². The Bertz CT molecular complexity index is 290. The Labute approximate surface area is 115 Å². The number of amides is 1. The first-order chi connectivity index (χ1) is 8.83. The predicted molar refractivity (Wildman–Crippen MR) is 74.8 cm³/mol. The van der Waals surface area contributed by atoms with E-state index < -0.39 is 17.2 Å². The number of nitrogens with two attached hydrogens (primary N) is 1. The van der Waals surface area contributed by atoms with E-state index in [9.17, 15) is 9.90 Å². The summed E-state index contributed by atoms with van der Waals surface area (Å²) in [5.41, 5.74) is 4.82. The lowest BCUT2D eigenvalue weighted by atomic mass is 9.73. The normalized spacial score (nSPS) is 20.7. The van der Waals surface area contributed by atoms with Crippen LogP contribution in [0.2, 0.25) is 0 Å². The fraction of sp³-hybridized carbons (Fsp3) is 0.929. The Morgan fingerprint density at radius 2 is 1.95 bits per heavy atom. The van der Waals surface area contributed by atoms with Crippen LogP contribution >= 0.6 is 0 Å². The van der Waals surface area contributed by atoms with Crippen LogP contribution in [0.25, 0.3) is 0 Å². The summed E-state index contributed by atoms with van der Waals surface area (Å²) in [5, 5.41) is 12.5. The van der Waals surface area contributed by atoms with Crippen molar-refractivity contribution in [3.05, 3.63) is 0 Å². The van der Waals surface area contributed by atoms with Crippen LogP contribution in [-0.4, -0.2) is 35.5 Å². The van der Waals surface area contributed by atoms with Crippen LogP contribution in [0.5, 0.6) is 0 Å². The lowest BCUT2D eigenvalue weighted by Crippen LogP contribution is -2.58. The number of hydrogen-bond donors (Lipinski definition) is 3. The van der Waals surface area contributed by atoms with E-state index >= 15 is 0 Å². The second-order valence-corrected chi connectivity index (χ2v) is 6.46. The molecule has 4 N–H and O–H groups in total. The van der Waals surface area contributed by atoms with Gasteiger partial charge in [-0.2, -0.15) is 0 Å². The third-order valence-corrected chi connectivity index (χ3v) is 3.78. The van der Waals surface area contributed by atoms with E-state index in [0.717, 1.165) is 25.7 Å². The predicted octanol–water partition coefficient (Wildman–Crippen LogP) is 1.78. The highest BCUT2D eigenvalue weighted by Gasteiger charge is 2.41. The van der Waals surface area contributed by atoms with Crippen LogP contribution in [0.1, 0.15) is 52.9 Å². The van der Waals surface area contributed by atoms with Gasteiger partial charge in [0.05, 0.1) is 0 Å². The van der Waals surface area contributed by atoms with Crippen LogP contribution < -0.4 is 11.1 Å². The van der Waals surface area contributed by atoms with Crippen molar-refractivity contribution < 1.29 is 14.6 Å². The Balaban J connectivity index is 2.77. The molecular formula is C14H28N2O3. The van der Waals surface area contributed by atoms with Crippen LogP contribution in [0.3, 0.4) is 0 Å². The molecule has 1 atom stereocenters. The molecule has 112 valence electrons. The number of aliphatic hydroxyl groups is 1. The van der Waals surface area contributed by atoms with Crippen LogP contribution in [0.4, 0.5) is 4.79 Å². The van der Waals surface area contributed by atoms with Gasteiger partial charge in [0.25, 0.3) is 0 Å². The number of aliphatic hydroxyl groups excluding tert-OH is 1. The van der Waals surface area contributed by atoms with E-state index in [2.05, 4.69) is 5.32 Å². The number of carbonyl (C=O) groups is 1. The molecule has 5 heteroatoms. The van der Waals surface area contributed by atoms with Gasteiger partial charge >= 0.3 is 6.09 Å². The molecule has 1 amide bonds. The van der Waals surface area contributed by atoms with Gasteiger partial charge in [-0.1, -0.05) is 19.3 Å². The first-order valence-electron chi connectivity index (χ1n) is 7.15. The van der Waals surface area contributed by atoms with Gasteiger partial charge in [-0.05, 0) is 40.2 Å². The SMILES string of the molecule is CC(C)(C)OC(=O)NC1(C(CN)CO)CCCCC1. The van der Waals surface area contributed by atoms with Gasteiger partial charge < -0.3 is 20.9 Å². The minimum absolute atomic E-state index is 0.00764. The van der Waals surface area contributed by atoms with Crippen molar-refractivity contribution in [3.8, 4) is 0 Å². The molecule has 0 saturated heterocycles. The van der Waals surface area contributed by atoms with Crippen molar-refractivity contribution in [2.24, 2.45) is 11.7 Å². The lowest BCUT2D eigenvalue weighted by molar-refractivity contribution is 0.0294. The van der Waals surface area contributed by atoms with Gasteiger partial charge in [0.2, 0.25) is 0 Å². The van der Waals surface area contributed by atoms with Crippen molar-refractivity contribution in [2.45, 2.75) is 64.0 Å². The Morgan fingerprint density at radius 3 is 2.37 bits per heavy atom. The summed E-state index contributed by atoms with van der Waals surface area (Å²) in [6.07, 6.45) is 4.56. The molecule has 1 saturated carbocycles. The molecule has 1 unspecified atom stereocenters. The topological polar surface area (TPSA) is 84.6 Å². The molecule has 1 aliphatic carbocycles. The average Bonchev–Trinajstić information content (AvgIpc) is 2.28. The molecular weight excluding hydrogens is 244 g/mol. The van der Waals surface area contributed by atoms with E-state index in [4.69, 9.17) is 10.5 Å². The Hall–Kier alpha value is -0.810. The minimum atomic E-state index is -0.517. The Morgan fingerprint density at radius 1 is 1.37 bits per heavy atom. The maximum absolute atomic E-state index is 12.0. The van der Waals surface area contributed by atoms with Gasteiger partial charge in [-0.15, -0.1) is 0 Å². The molecule has 19 heavy (non-hydrogen) atoms. The number of nitrogens with one attached hydrogen (secondary N) is 1. The second-order valence-electron chi connectivity index (χ2n) is 6.46. The van der Waals surface area contributed by atoms with Crippen LogP contribution in [-0.2, 0) is 4.74 Å². The third kappa shape index (κ3) is 4.66. The highest BCUT2D eigenvalue weighted by Crippen LogP contribution is 2.34. The summed E-state index contributed by atoms with van der Waals surface area (Å²) in [6.45, 7) is 5.88. The van der Waals surface area contributed by atoms with Gasteiger partial charge in [-0.25, -0.2) is 4.79 Å². The summed E-state index contributed by atoms with van der Waals surface area (Å²) < 4.78 is 5.33. The highest BCUT2D eigenvalue weighted by atomic mass is 16.6. The average molecular weight is 272 g/mol. The van der Waals surface area contributed by atoms with E-state index in [1.807, 2.05) is 20.8 Å². The van der Waals surface area contributed by atoms with Gasteiger partial charge in [0.1, 0.15) is 5.60 Å². The molecule has 1 fully saturated rings. The fourth-order valence-corrected chi connectivity index (χ4v) is 2.80. The maximum Gasteiger partial charge on any atom is 0.408 e.